The number of aryl methyl sites for hydroxylation is 1. The number of hydrogen-bond acceptors (Lipinski definition) is 2. The Morgan fingerprint density at radius 3 is 2.74 bits per heavy atom. The molecule has 0 aliphatic rings. The molecule has 4 heteroatoms. The highest BCUT2D eigenvalue weighted by molar-refractivity contribution is 9.10. The van der Waals surface area contributed by atoms with Gasteiger partial charge in [0.15, 0.2) is 0 Å². The minimum Gasteiger partial charge on any atom is -0.457 e. The first kappa shape index (κ1) is 13.6. The fourth-order valence-electron chi connectivity index (χ4n) is 1.76. The summed E-state index contributed by atoms with van der Waals surface area (Å²) in [6, 6.07) is 13.4. The van der Waals surface area contributed by atoms with Gasteiger partial charge < -0.3 is 10.5 Å². The van der Waals surface area contributed by atoms with Crippen LogP contribution >= 0.6 is 15.9 Å². The molecule has 0 amide bonds. The lowest BCUT2D eigenvalue weighted by Crippen LogP contribution is -2.12. The Bertz CT molecular complexity index is 611. The Balaban J connectivity index is 2.34. The van der Waals surface area contributed by atoms with Crippen LogP contribution in [0.2, 0.25) is 0 Å². The van der Waals surface area contributed by atoms with Crippen LogP contribution in [0.25, 0.3) is 0 Å². The summed E-state index contributed by atoms with van der Waals surface area (Å²) in [6.07, 6.45) is 0.955. The number of amidine groups is 1. The monoisotopic (exact) mass is 318 g/mol. The lowest BCUT2D eigenvalue weighted by molar-refractivity contribution is 0.481. The maximum Gasteiger partial charge on any atom is 0.138 e. The molecular formula is C15H15BrN2O. The minimum absolute atomic E-state index is 0.0112. The first-order valence-corrected chi connectivity index (χ1v) is 6.80. The third-order valence-electron chi connectivity index (χ3n) is 2.77. The molecule has 0 aliphatic heterocycles. The SMILES string of the molecule is CCc1cccc(Oc2ccc(Br)cc2C(=N)N)c1. The normalized spacial score (nSPS) is 10.2. The molecule has 0 unspecified atom stereocenters. The van der Waals surface area contributed by atoms with E-state index in [4.69, 9.17) is 15.9 Å². The summed E-state index contributed by atoms with van der Waals surface area (Å²) in [4.78, 5) is 0. The highest BCUT2D eigenvalue weighted by Crippen LogP contribution is 2.28. The van der Waals surface area contributed by atoms with Crippen LogP contribution < -0.4 is 10.5 Å². The van der Waals surface area contributed by atoms with Crippen molar-refractivity contribution < 1.29 is 4.74 Å². The second-order valence-corrected chi connectivity index (χ2v) is 5.07. The molecule has 0 saturated heterocycles. The van der Waals surface area contributed by atoms with Crippen molar-refractivity contribution in [1.29, 1.82) is 5.41 Å². The van der Waals surface area contributed by atoms with Crippen molar-refractivity contribution in [2.75, 3.05) is 0 Å². The number of nitrogen functional groups attached to an aromatic ring is 1. The number of hydrogen-bond donors (Lipinski definition) is 2. The molecule has 0 bridgehead atoms. The average Bonchev–Trinajstić information content (AvgIpc) is 2.41. The van der Waals surface area contributed by atoms with E-state index in [1.165, 1.54) is 5.56 Å². The van der Waals surface area contributed by atoms with Gasteiger partial charge in [0.1, 0.15) is 17.3 Å². The maximum atomic E-state index is 7.59. The van der Waals surface area contributed by atoms with E-state index >= 15 is 0 Å². The van der Waals surface area contributed by atoms with Crippen LogP contribution in [0, 0.1) is 5.41 Å². The molecule has 0 atom stereocenters. The molecule has 0 fully saturated rings. The Kier molecular flexibility index (Phi) is 4.22. The van der Waals surface area contributed by atoms with Crippen molar-refractivity contribution in [3.05, 3.63) is 58.1 Å². The van der Waals surface area contributed by atoms with E-state index in [1.54, 1.807) is 12.1 Å². The molecule has 2 aromatic carbocycles. The van der Waals surface area contributed by atoms with E-state index < -0.39 is 0 Å². The third-order valence-corrected chi connectivity index (χ3v) is 3.26. The molecule has 98 valence electrons. The molecule has 0 spiro atoms. The van der Waals surface area contributed by atoms with Crippen molar-refractivity contribution >= 4 is 21.8 Å². The van der Waals surface area contributed by atoms with Gasteiger partial charge in [0.2, 0.25) is 0 Å². The first-order valence-electron chi connectivity index (χ1n) is 6.01. The van der Waals surface area contributed by atoms with Crippen LogP contribution in [0.3, 0.4) is 0 Å². The average molecular weight is 319 g/mol. The van der Waals surface area contributed by atoms with Crippen LogP contribution in [-0.4, -0.2) is 5.84 Å². The summed E-state index contributed by atoms with van der Waals surface area (Å²) in [6.45, 7) is 2.10. The Morgan fingerprint density at radius 1 is 1.26 bits per heavy atom. The second-order valence-electron chi connectivity index (χ2n) is 4.16. The van der Waals surface area contributed by atoms with Crippen molar-refractivity contribution in [2.24, 2.45) is 5.73 Å². The summed E-state index contributed by atoms with van der Waals surface area (Å²) in [5, 5.41) is 7.59. The van der Waals surface area contributed by atoms with Crippen molar-refractivity contribution in [3.63, 3.8) is 0 Å². The third kappa shape index (κ3) is 3.35. The quantitative estimate of drug-likeness (QED) is 0.659. The molecule has 0 radical (unpaired) electrons. The van der Waals surface area contributed by atoms with Gasteiger partial charge in [-0.25, -0.2) is 0 Å². The molecule has 0 aliphatic carbocycles. The number of halogens is 1. The van der Waals surface area contributed by atoms with E-state index in [2.05, 4.69) is 28.9 Å². The van der Waals surface area contributed by atoms with Gasteiger partial charge in [-0.3, -0.25) is 5.41 Å². The van der Waals surface area contributed by atoms with Crippen LogP contribution in [-0.2, 0) is 6.42 Å². The van der Waals surface area contributed by atoms with Gasteiger partial charge in [-0.2, -0.15) is 0 Å². The molecule has 0 aromatic heterocycles. The van der Waals surface area contributed by atoms with E-state index in [-0.39, 0.29) is 5.84 Å². The Labute approximate surface area is 121 Å². The fraction of sp³-hybridized carbons (Fsp3) is 0.133. The highest BCUT2D eigenvalue weighted by Gasteiger charge is 2.08. The maximum absolute atomic E-state index is 7.59. The molecule has 0 heterocycles. The minimum atomic E-state index is -0.0112. The molecule has 2 aromatic rings. The zero-order valence-corrected chi connectivity index (χ0v) is 12.2. The van der Waals surface area contributed by atoms with Gasteiger partial charge >= 0.3 is 0 Å². The zero-order chi connectivity index (χ0) is 13.8. The summed E-state index contributed by atoms with van der Waals surface area (Å²) in [7, 11) is 0. The Hall–Kier alpha value is -1.81. The number of rotatable bonds is 4. The van der Waals surface area contributed by atoms with E-state index in [0.29, 0.717) is 11.3 Å². The molecule has 19 heavy (non-hydrogen) atoms. The summed E-state index contributed by atoms with van der Waals surface area (Å²) in [5.74, 6) is 1.33. The van der Waals surface area contributed by atoms with E-state index in [0.717, 1.165) is 16.6 Å². The van der Waals surface area contributed by atoms with E-state index in [9.17, 15) is 0 Å². The van der Waals surface area contributed by atoms with Crippen LogP contribution in [0.1, 0.15) is 18.1 Å². The van der Waals surface area contributed by atoms with Gasteiger partial charge in [0, 0.05) is 4.47 Å². The van der Waals surface area contributed by atoms with Gasteiger partial charge in [0.25, 0.3) is 0 Å². The number of benzene rings is 2. The van der Waals surface area contributed by atoms with Gasteiger partial charge in [-0.15, -0.1) is 0 Å². The number of nitrogens with two attached hydrogens (primary N) is 1. The predicted molar refractivity (Wildman–Crippen MR) is 81.1 cm³/mol. The van der Waals surface area contributed by atoms with Crippen molar-refractivity contribution in [3.8, 4) is 11.5 Å². The van der Waals surface area contributed by atoms with E-state index in [1.807, 2.05) is 24.3 Å². The topological polar surface area (TPSA) is 59.1 Å². The van der Waals surface area contributed by atoms with Crippen LogP contribution in [0.4, 0.5) is 0 Å². The zero-order valence-electron chi connectivity index (χ0n) is 10.6. The highest BCUT2D eigenvalue weighted by atomic mass is 79.9. The van der Waals surface area contributed by atoms with Crippen molar-refractivity contribution in [1.82, 2.24) is 0 Å². The van der Waals surface area contributed by atoms with Crippen LogP contribution in [0.5, 0.6) is 11.5 Å². The fourth-order valence-corrected chi connectivity index (χ4v) is 2.12. The lowest BCUT2D eigenvalue weighted by atomic mass is 10.1. The van der Waals surface area contributed by atoms with Gasteiger partial charge in [-0.1, -0.05) is 35.0 Å². The number of ether oxygens (including phenoxy) is 1. The van der Waals surface area contributed by atoms with Crippen LogP contribution in [0.15, 0.2) is 46.9 Å². The molecular weight excluding hydrogens is 304 g/mol. The van der Waals surface area contributed by atoms with Gasteiger partial charge in [-0.05, 0) is 42.3 Å². The molecule has 2 rings (SSSR count). The van der Waals surface area contributed by atoms with Crippen molar-refractivity contribution in [2.45, 2.75) is 13.3 Å². The Morgan fingerprint density at radius 2 is 2.05 bits per heavy atom. The lowest BCUT2D eigenvalue weighted by Gasteiger charge is -2.11. The van der Waals surface area contributed by atoms with Gasteiger partial charge in [0.05, 0.1) is 5.56 Å². The number of nitrogens with one attached hydrogen (secondary N) is 1. The second kappa shape index (κ2) is 5.89. The smallest absolute Gasteiger partial charge is 0.138 e. The summed E-state index contributed by atoms with van der Waals surface area (Å²) < 4.78 is 6.69. The molecule has 0 saturated carbocycles. The first-order chi connectivity index (χ1) is 9.10. The molecule has 3 N–H and O–H groups in total. The predicted octanol–water partition coefficient (Wildman–Crippen LogP) is 4.09. The summed E-state index contributed by atoms with van der Waals surface area (Å²) in [5.41, 5.74) is 7.36. The largest absolute Gasteiger partial charge is 0.457 e. The molecule has 3 nitrogen and oxygen atoms in total. The summed E-state index contributed by atoms with van der Waals surface area (Å²) >= 11 is 3.37. The standard InChI is InChI=1S/C15H15BrN2O/c1-2-10-4-3-5-12(8-10)19-14-7-6-11(16)9-13(14)15(17)18/h3-9H,2H2,1H3,(H3,17,18).